The highest BCUT2D eigenvalue weighted by atomic mass is 35.5. The van der Waals surface area contributed by atoms with E-state index in [0.29, 0.717) is 11.6 Å². The summed E-state index contributed by atoms with van der Waals surface area (Å²) in [6, 6.07) is 5.48. The molecule has 0 amide bonds. The van der Waals surface area contributed by atoms with Crippen molar-refractivity contribution in [2.75, 3.05) is 13.7 Å². The summed E-state index contributed by atoms with van der Waals surface area (Å²) in [5, 5.41) is 0.685. The number of methoxy groups -OCH3 is 1. The Morgan fingerprint density at radius 2 is 2.06 bits per heavy atom. The molecule has 17 heavy (non-hydrogen) atoms. The van der Waals surface area contributed by atoms with Crippen LogP contribution in [-0.2, 0) is 0 Å². The van der Waals surface area contributed by atoms with Crippen molar-refractivity contribution in [3.8, 4) is 5.75 Å². The number of ether oxygens (including phenoxy) is 1. The summed E-state index contributed by atoms with van der Waals surface area (Å²) in [4.78, 5) is 0. The molecule has 0 spiro atoms. The average molecular weight is 279 g/mol. The van der Waals surface area contributed by atoms with Crippen LogP contribution in [0.1, 0.15) is 30.9 Å². The standard InChI is InChI=1S/C12H19ClN2O.ClH/c1-16-12-6-5-9(13)8-10(12)11(15)4-2-3-7-14;/h5-6,8,11H,2-4,7,14-15H2,1H3;1H/t11-;/m0./s1. The molecule has 3 nitrogen and oxygen atoms in total. The molecular weight excluding hydrogens is 259 g/mol. The van der Waals surface area contributed by atoms with E-state index in [1.165, 1.54) is 0 Å². The first kappa shape index (κ1) is 16.5. The highest BCUT2D eigenvalue weighted by molar-refractivity contribution is 6.30. The lowest BCUT2D eigenvalue weighted by atomic mass is 10.0. The van der Waals surface area contributed by atoms with Gasteiger partial charge in [-0.3, -0.25) is 0 Å². The SMILES string of the molecule is COc1ccc(Cl)cc1[C@@H](N)CCCCN.Cl. The van der Waals surface area contributed by atoms with Gasteiger partial charge in [0.2, 0.25) is 0 Å². The Balaban J connectivity index is 0.00000256. The molecule has 0 aromatic heterocycles. The summed E-state index contributed by atoms with van der Waals surface area (Å²) in [5.74, 6) is 0.796. The molecule has 0 saturated heterocycles. The van der Waals surface area contributed by atoms with Gasteiger partial charge in [0.05, 0.1) is 7.11 Å². The lowest BCUT2D eigenvalue weighted by Crippen LogP contribution is -2.12. The molecule has 1 aromatic carbocycles. The first-order chi connectivity index (χ1) is 7.69. The number of benzene rings is 1. The number of hydrogen-bond acceptors (Lipinski definition) is 3. The van der Waals surface area contributed by atoms with Crippen LogP contribution in [0.25, 0.3) is 0 Å². The first-order valence-corrected chi connectivity index (χ1v) is 5.86. The van der Waals surface area contributed by atoms with Gasteiger partial charge in [0.1, 0.15) is 5.75 Å². The predicted molar refractivity (Wildman–Crippen MR) is 75.1 cm³/mol. The van der Waals surface area contributed by atoms with Crippen molar-refractivity contribution in [2.45, 2.75) is 25.3 Å². The molecule has 0 heterocycles. The third-order valence-corrected chi connectivity index (χ3v) is 2.80. The maximum atomic E-state index is 6.10. The van der Waals surface area contributed by atoms with Gasteiger partial charge in [-0.2, -0.15) is 0 Å². The summed E-state index contributed by atoms with van der Waals surface area (Å²) in [7, 11) is 1.64. The quantitative estimate of drug-likeness (QED) is 0.787. The molecule has 0 saturated carbocycles. The normalized spacial score (nSPS) is 11.8. The van der Waals surface area contributed by atoms with E-state index >= 15 is 0 Å². The molecule has 4 N–H and O–H groups in total. The van der Waals surface area contributed by atoms with E-state index in [4.69, 9.17) is 27.8 Å². The van der Waals surface area contributed by atoms with Gasteiger partial charge in [0.15, 0.2) is 0 Å². The number of nitrogens with two attached hydrogens (primary N) is 2. The van der Waals surface area contributed by atoms with Crippen molar-refractivity contribution in [1.82, 2.24) is 0 Å². The Morgan fingerprint density at radius 3 is 2.65 bits per heavy atom. The summed E-state index contributed by atoms with van der Waals surface area (Å²) in [6.45, 7) is 0.708. The largest absolute Gasteiger partial charge is 0.496 e. The van der Waals surface area contributed by atoms with Crippen LogP contribution in [0, 0.1) is 0 Å². The molecule has 98 valence electrons. The lowest BCUT2D eigenvalue weighted by Gasteiger charge is -2.15. The summed E-state index contributed by atoms with van der Waals surface area (Å²) < 4.78 is 5.26. The van der Waals surface area contributed by atoms with Crippen molar-refractivity contribution in [1.29, 1.82) is 0 Å². The molecule has 5 heteroatoms. The molecule has 0 aliphatic heterocycles. The molecule has 1 atom stereocenters. The zero-order valence-corrected chi connectivity index (χ0v) is 11.6. The number of halogens is 2. The van der Waals surface area contributed by atoms with Crippen molar-refractivity contribution in [3.63, 3.8) is 0 Å². The van der Waals surface area contributed by atoms with Crippen LogP contribution in [0.4, 0.5) is 0 Å². The Hall–Kier alpha value is -0.480. The van der Waals surface area contributed by atoms with Crippen LogP contribution in [0.15, 0.2) is 18.2 Å². The Labute approximate surface area is 114 Å². The van der Waals surface area contributed by atoms with Crippen LogP contribution in [0.2, 0.25) is 5.02 Å². The fourth-order valence-electron chi connectivity index (χ4n) is 1.66. The lowest BCUT2D eigenvalue weighted by molar-refractivity contribution is 0.403. The predicted octanol–water partition coefficient (Wildman–Crippen LogP) is 2.90. The number of unbranched alkanes of at least 4 members (excludes halogenated alkanes) is 1. The summed E-state index contributed by atoms with van der Waals surface area (Å²) in [5.41, 5.74) is 12.5. The van der Waals surface area contributed by atoms with Crippen LogP contribution >= 0.6 is 24.0 Å². The molecular formula is C12H20Cl2N2O. The minimum atomic E-state index is -0.0415. The summed E-state index contributed by atoms with van der Waals surface area (Å²) in [6.07, 6.45) is 2.91. The minimum Gasteiger partial charge on any atom is -0.496 e. The number of rotatable bonds is 6. The fraction of sp³-hybridized carbons (Fsp3) is 0.500. The minimum absolute atomic E-state index is 0. The zero-order chi connectivity index (χ0) is 12.0. The number of hydrogen-bond donors (Lipinski definition) is 2. The van der Waals surface area contributed by atoms with Crippen molar-refractivity contribution in [3.05, 3.63) is 28.8 Å². The molecule has 0 fully saturated rings. The topological polar surface area (TPSA) is 61.3 Å². The van der Waals surface area contributed by atoms with E-state index in [1.54, 1.807) is 13.2 Å². The molecule has 1 rings (SSSR count). The molecule has 0 radical (unpaired) electrons. The second kappa shape index (κ2) is 8.59. The van der Waals surface area contributed by atoms with Gasteiger partial charge in [0.25, 0.3) is 0 Å². The van der Waals surface area contributed by atoms with Gasteiger partial charge in [-0.25, -0.2) is 0 Å². The Bertz CT molecular complexity index is 334. The van der Waals surface area contributed by atoms with Gasteiger partial charge in [0, 0.05) is 16.6 Å². The van der Waals surface area contributed by atoms with Crippen molar-refractivity contribution >= 4 is 24.0 Å². The van der Waals surface area contributed by atoms with E-state index in [-0.39, 0.29) is 18.4 Å². The van der Waals surface area contributed by atoms with Crippen LogP contribution in [0.3, 0.4) is 0 Å². The second-order valence-electron chi connectivity index (χ2n) is 3.78. The van der Waals surface area contributed by atoms with Gasteiger partial charge in [-0.05, 0) is 37.6 Å². The van der Waals surface area contributed by atoms with Crippen molar-refractivity contribution in [2.24, 2.45) is 11.5 Å². The highest BCUT2D eigenvalue weighted by Crippen LogP contribution is 2.29. The maximum absolute atomic E-state index is 6.10. The van der Waals surface area contributed by atoms with E-state index in [1.807, 2.05) is 12.1 Å². The van der Waals surface area contributed by atoms with Crippen LogP contribution in [0.5, 0.6) is 5.75 Å². The Morgan fingerprint density at radius 1 is 1.35 bits per heavy atom. The fourth-order valence-corrected chi connectivity index (χ4v) is 1.84. The van der Waals surface area contributed by atoms with Crippen LogP contribution < -0.4 is 16.2 Å². The van der Waals surface area contributed by atoms with E-state index in [2.05, 4.69) is 0 Å². The Kier molecular flexibility index (Phi) is 8.35. The van der Waals surface area contributed by atoms with Gasteiger partial charge >= 0.3 is 0 Å². The zero-order valence-electron chi connectivity index (χ0n) is 9.99. The average Bonchev–Trinajstić information content (AvgIpc) is 2.29. The van der Waals surface area contributed by atoms with Crippen molar-refractivity contribution < 1.29 is 4.74 Å². The van der Waals surface area contributed by atoms with E-state index in [9.17, 15) is 0 Å². The van der Waals surface area contributed by atoms with Gasteiger partial charge in [-0.15, -0.1) is 12.4 Å². The third kappa shape index (κ3) is 5.13. The molecule has 0 bridgehead atoms. The second-order valence-corrected chi connectivity index (χ2v) is 4.21. The third-order valence-electron chi connectivity index (χ3n) is 2.56. The van der Waals surface area contributed by atoms with Gasteiger partial charge < -0.3 is 16.2 Å². The van der Waals surface area contributed by atoms with E-state index in [0.717, 1.165) is 30.6 Å². The monoisotopic (exact) mass is 278 g/mol. The smallest absolute Gasteiger partial charge is 0.123 e. The molecule has 0 unspecified atom stereocenters. The molecule has 0 aliphatic rings. The maximum Gasteiger partial charge on any atom is 0.123 e. The first-order valence-electron chi connectivity index (χ1n) is 5.48. The van der Waals surface area contributed by atoms with Crippen LogP contribution in [-0.4, -0.2) is 13.7 Å². The van der Waals surface area contributed by atoms with Gasteiger partial charge in [-0.1, -0.05) is 18.0 Å². The van der Waals surface area contributed by atoms with E-state index < -0.39 is 0 Å². The summed E-state index contributed by atoms with van der Waals surface area (Å²) >= 11 is 5.95. The highest BCUT2D eigenvalue weighted by Gasteiger charge is 2.11. The molecule has 0 aliphatic carbocycles. The molecule has 1 aromatic rings.